The van der Waals surface area contributed by atoms with Crippen LogP contribution in [-0.2, 0) is 4.74 Å². The molecule has 3 aromatic carbocycles. The highest BCUT2D eigenvalue weighted by Gasteiger charge is 2.28. The van der Waals surface area contributed by atoms with E-state index in [2.05, 4.69) is 29.2 Å². The van der Waals surface area contributed by atoms with E-state index in [4.69, 9.17) is 19.7 Å². The highest BCUT2D eigenvalue weighted by atomic mass is 16.5. The van der Waals surface area contributed by atoms with Crippen LogP contribution in [0.3, 0.4) is 0 Å². The first-order chi connectivity index (χ1) is 15.9. The molecule has 162 valence electrons. The topological polar surface area (TPSA) is 52.4 Å². The second-order valence-electron chi connectivity index (χ2n) is 7.69. The Labute approximate surface area is 187 Å². The summed E-state index contributed by atoms with van der Waals surface area (Å²) in [4.78, 5) is 4.17. The maximum Gasteiger partial charge on any atom is 0.153 e. The number of aromatic nitrogens is 3. The molecule has 0 spiro atoms. The van der Waals surface area contributed by atoms with Crippen LogP contribution in [0.1, 0.15) is 17.3 Å². The van der Waals surface area contributed by atoms with Crippen molar-refractivity contribution in [2.24, 2.45) is 0 Å². The quantitative estimate of drug-likeness (QED) is 0.438. The van der Waals surface area contributed by atoms with E-state index in [0.29, 0.717) is 19.8 Å². The molecule has 0 amide bonds. The summed E-state index contributed by atoms with van der Waals surface area (Å²) >= 11 is 0. The van der Waals surface area contributed by atoms with Gasteiger partial charge in [-0.15, -0.1) is 0 Å². The Morgan fingerprint density at radius 2 is 1.50 bits per heavy atom. The molecule has 6 nitrogen and oxygen atoms in total. The fourth-order valence-electron chi connectivity index (χ4n) is 3.99. The van der Waals surface area contributed by atoms with Crippen molar-refractivity contribution in [3.8, 4) is 5.75 Å². The van der Waals surface area contributed by atoms with E-state index < -0.39 is 0 Å². The molecule has 0 saturated carbocycles. The van der Waals surface area contributed by atoms with Crippen molar-refractivity contribution in [1.82, 2.24) is 19.9 Å². The summed E-state index contributed by atoms with van der Waals surface area (Å²) in [6.45, 7) is 3.49. The van der Waals surface area contributed by atoms with Gasteiger partial charge in [0.1, 0.15) is 23.4 Å². The molecule has 1 saturated heterocycles. The molecule has 0 unspecified atom stereocenters. The van der Waals surface area contributed by atoms with Crippen LogP contribution in [-0.4, -0.2) is 52.8 Å². The SMILES string of the molecule is C(=C/c1ccccc1)/COc1ccccc1[C@H](N1CCOCC1)n1nc2ccccc2n1. The zero-order valence-electron chi connectivity index (χ0n) is 17.9. The molecule has 4 aromatic rings. The largest absolute Gasteiger partial charge is 0.489 e. The van der Waals surface area contributed by atoms with E-state index in [1.54, 1.807) is 0 Å². The van der Waals surface area contributed by atoms with Gasteiger partial charge in [-0.1, -0.05) is 66.7 Å². The minimum atomic E-state index is -0.166. The first kappa shape index (κ1) is 20.4. The van der Waals surface area contributed by atoms with Gasteiger partial charge in [0, 0.05) is 18.7 Å². The summed E-state index contributed by atoms with van der Waals surface area (Å²) < 4.78 is 11.8. The van der Waals surface area contributed by atoms with Gasteiger partial charge in [-0.3, -0.25) is 4.90 Å². The van der Waals surface area contributed by atoms with Gasteiger partial charge in [-0.25, -0.2) is 0 Å². The maximum absolute atomic E-state index is 6.21. The normalized spacial score (nSPS) is 15.9. The summed E-state index contributed by atoms with van der Waals surface area (Å²) in [6, 6.07) is 26.4. The van der Waals surface area contributed by atoms with Crippen molar-refractivity contribution >= 4 is 17.1 Å². The molecule has 1 fully saturated rings. The van der Waals surface area contributed by atoms with Crippen molar-refractivity contribution in [1.29, 1.82) is 0 Å². The van der Waals surface area contributed by atoms with Crippen LogP contribution in [0.4, 0.5) is 0 Å². The van der Waals surface area contributed by atoms with E-state index in [1.165, 1.54) is 0 Å². The summed E-state index contributed by atoms with van der Waals surface area (Å²) in [5.41, 5.74) is 3.97. The number of hydrogen-bond acceptors (Lipinski definition) is 5. The fourth-order valence-corrected chi connectivity index (χ4v) is 3.99. The maximum atomic E-state index is 6.21. The van der Waals surface area contributed by atoms with Gasteiger partial charge in [-0.05, 0) is 29.8 Å². The summed E-state index contributed by atoms with van der Waals surface area (Å²) in [5.74, 6) is 0.836. The van der Waals surface area contributed by atoms with Gasteiger partial charge in [0.15, 0.2) is 6.17 Å². The molecule has 0 bridgehead atoms. The minimum absolute atomic E-state index is 0.166. The molecule has 1 aliphatic heterocycles. The Kier molecular flexibility index (Phi) is 6.23. The van der Waals surface area contributed by atoms with E-state index in [9.17, 15) is 0 Å². The van der Waals surface area contributed by atoms with Crippen molar-refractivity contribution in [2.75, 3.05) is 32.9 Å². The number of benzene rings is 3. The monoisotopic (exact) mass is 426 g/mol. The second kappa shape index (κ2) is 9.77. The van der Waals surface area contributed by atoms with Crippen LogP contribution in [0.15, 0.2) is 84.9 Å². The van der Waals surface area contributed by atoms with Crippen molar-refractivity contribution in [2.45, 2.75) is 6.17 Å². The third-order valence-electron chi connectivity index (χ3n) is 5.55. The summed E-state index contributed by atoms with van der Waals surface area (Å²) in [6.07, 6.45) is 3.95. The molecule has 5 rings (SSSR count). The van der Waals surface area contributed by atoms with Crippen molar-refractivity contribution in [3.63, 3.8) is 0 Å². The van der Waals surface area contributed by atoms with Gasteiger partial charge in [-0.2, -0.15) is 15.0 Å². The third kappa shape index (κ3) is 4.56. The first-order valence-corrected chi connectivity index (χ1v) is 11.0. The average molecular weight is 427 g/mol. The van der Waals surface area contributed by atoms with E-state index in [1.807, 2.05) is 71.5 Å². The van der Waals surface area contributed by atoms with Gasteiger partial charge in [0.05, 0.1) is 13.2 Å². The predicted octanol–water partition coefficient (Wildman–Crippen LogP) is 4.40. The number of nitrogens with zero attached hydrogens (tertiary/aromatic N) is 4. The Morgan fingerprint density at radius 1 is 0.844 bits per heavy atom. The lowest BCUT2D eigenvalue weighted by molar-refractivity contribution is 0.00263. The zero-order chi connectivity index (χ0) is 21.6. The van der Waals surface area contributed by atoms with Crippen LogP contribution in [0.5, 0.6) is 5.75 Å². The van der Waals surface area contributed by atoms with Gasteiger partial charge < -0.3 is 9.47 Å². The van der Waals surface area contributed by atoms with E-state index >= 15 is 0 Å². The van der Waals surface area contributed by atoms with Crippen LogP contribution < -0.4 is 4.74 Å². The van der Waals surface area contributed by atoms with Crippen LogP contribution >= 0.6 is 0 Å². The zero-order valence-corrected chi connectivity index (χ0v) is 17.9. The molecule has 32 heavy (non-hydrogen) atoms. The standard InChI is InChI=1S/C26H26N4O2/c1-2-9-21(10-3-1)11-8-18-32-25-15-7-4-12-22(25)26(29-16-19-31-20-17-29)30-27-23-13-5-6-14-24(23)28-30/h1-15,26H,16-20H2/b11-8-/t26-/m1/s1. The third-order valence-corrected chi connectivity index (χ3v) is 5.55. The molecule has 1 aliphatic rings. The number of para-hydroxylation sites is 1. The van der Waals surface area contributed by atoms with Crippen molar-refractivity contribution < 1.29 is 9.47 Å². The minimum Gasteiger partial charge on any atom is -0.489 e. The lowest BCUT2D eigenvalue weighted by Gasteiger charge is -2.34. The smallest absolute Gasteiger partial charge is 0.153 e. The first-order valence-electron chi connectivity index (χ1n) is 11.0. The molecule has 1 aromatic heterocycles. The Balaban J connectivity index is 1.44. The molecule has 0 N–H and O–H groups in total. The Bertz CT molecular complexity index is 1150. The predicted molar refractivity (Wildman–Crippen MR) is 125 cm³/mol. The molecular weight excluding hydrogens is 400 g/mol. The van der Waals surface area contributed by atoms with Gasteiger partial charge >= 0.3 is 0 Å². The number of morpholine rings is 1. The highest BCUT2D eigenvalue weighted by molar-refractivity contribution is 5.73. The molecule has 0 radical (unpaired) electrons. The number of hydrogen-bond donors (Lipinski definition) is 0. The number of fused-ring (bicyclic) bond motifs is 1. The molecular formula is C26H26N4O2. The molecule has 1 atom stereocenters. The lowest BCUT2D eigenvalue weighted by Crippen LogP contribution is -2.42. The molecule has 2 heterocycles. The average Bonchev–Trinajstić information content (AvgIpc) is 3.28. The van der Waals surface area contributed by atoms with E-state index in [0.717, 1.165) is 41.0 Å². The van der Waals surface area contributed by atoms with Gasteiger partial charge in [0.2, 0.25) is 0 Å². The highest BCUT2D eigenvalue weighted by Crippen LogP contribution is 2.31. The summed E-state index contributed by atoms with van der Waals surface area (Å²) in [7, 11) is 0. The Hall–Kier alpha value is -3.48. The van der Waals surface area contributed by atoms with Crippen LogP contribution in [0.2, 0.25) is 0 Å². The van der Waals surface area contributed by atoms with Crippen LogP contribution in [0.25, 0.3) is 17.1 Å². The van der Waals surface area contributed by atoms with E-state index in [-0.39, 0.29) is 6.17 Å². The fraction of sp³-hybridized carbons (Fsp3) is 0.231. The second-order valence-corrected chi connectivity index (χ2v) is 7.69. The Morgan fingerprint density at radius 3 is 2.25 bits per heavy atom. The number of ether oxygens (including phenoxy) is 2. The van der Waals surface area contributed by atoms with Gasteiger partial charge in [0.25, 0.3) is 0 Å². The van der Waals surface area contributed by atoms with Crippen molar-refractivity contribution in [3.05, 3.63) is 96.1 Å². The lowest BCUT2D eigenvalue weighted by atomic mass is 10.1. The number of rotatable bonds is 7. The van der Waals surface area contributed by atoms with Crippen LogP contribution in [0, 0.1) is 0 Å². The molecule has 6 heteroatoms. The molecule has 0 aliphatic carbocycles. The summed E-state index contributed by atoms with van der Waals surface area (Å²) in [5, 5.41) is 9.59.